The average Bonchev–Trinajstić information content (AvgIpc) is 2.41. The summed E-state index contributed by atoms with van der Waals surface area (Å²) in [5.41, 5.74) is 5.21. The molecule has 1 aliphatic rings. The molecule has 112 valence electrons. The second-order valence-corrected chi connectivity index (χ2v) is 5.93. The molecule has 1 nitrogen and oxygen atoms in total. The minimum atomic E-state index is -4.33. The third kappa shape index (κ3) is 3.17. The standard InChI is InChI=1S/C16H22F3N/c1-2-5-12-8-10-15(20,11-9-12)13-6-3-4-7-14(13)16(17,18)19/h3-4,6-7,12H,2,5,8-11,20H2,1H3. The molecule has 0 aromatic heterocycles. The van der Waals surface area contributed by atoms with E-state index in [1.165, 1.54) is 6.07 Å². The number of halogens is 3. The molecule has 0 radical (unpaired) electrons. The maximum atomic E-state index is 13.1. The fourth-order valence-corrected chi connectivity index (χ4v) is 3.32. The highest BCUT2D eigenvalue weighted by atomic mass is 19.4. The first kappa shape index (κ1) is 15.4. The van der Waals surface area contributed by atoms with Gasteiger partial charge in [0.05, 0.1) is 5.56 Å². The molecule has 0 spiro atoms. The van der Waals surface area contributed by atoms with Crippen LogP contribution in [0.5, 0.6) is 0 Å². The van der Waals surface area contributed by atoms with Crippen molar-refractivity contribution in [2.75, 3.05) is 0 Å². The van der Waals surface area contributed by atoms with E-state index in [1.807, 2.05) is 0 Å². The highest BCUT2D eigenvalue weighted by Gasteiger charge is 2.41. The quantitative estimate of drug-likeness (QED) is 0.844. The molecule has 0 heterocycles. The molecule has 20 heavy (non-hydrogen) atoms. The first-order valence-corrected chi connectivity index (χ1v) is 7.32. The van der Waals surface area contributed by atoms with Crippen LogP contribution in [0.15, 0.2) is 24.3 Å². The van der Waals surface area contributed by atoms with E-state index in [2.05, 4.69) is 6.92 Å². The van der Waals surface area contributed by atoms with Crippen LogP contribution in [0.3, 0.4) is 0 Å². The summed E-state index contributed by atoms with van der Waals surface area (Å²) in [5.74, 6) is 0.620. The molecule has 1 saturated carbocycles. The van der Waals surface area contributed by atoms with Crippen molar-refractivity contribution >= 4 is 0 Å². The number of nitrogens with two attached hydrogens (primary N) is 1. The van der Waals surface area contributed by atoms with E-state index in [0.29, 0.717) is 18.8 Å². The molecule has 2 rings (SSSR count). The van der Waals surface area contributed by atoms with Crippen LogP contribution in [0, 0.1) is 5.92 Å². The summed E-state index contributed by atoms with van der Waals surface area (Å²) < 4.78 is 39.3. The Hall–Kier alpha value is -1.03. The maximum Gasteiger partial charge on any atom is 0.416 e. The largest absolute Gasteiger partial charge is 0.416 e. The molecule has 2 N–H and O–H groups in total. The molecule has 0 aliphatic heterocycles. The van der Waals surface area contributed by atoms with Gasteiger partial charge in [-0.2, -0.15) is 13.2 Å². The fourth-order valence-electron chi connectivity index (χ4n) is 3.32. The molecule has 1 aromatic carbocycles. The van der Waals surface area contributed by atoms with Gasteiger partial charge in [0.2, 0.25) is 0 Å². The van der Waals surface area contributed by atoms with Crippen molar-refractivity contribution in [2.24, 2.45) is 11.7 Å². The van der Waals surface area contributed by atoms with Crippen molar-refractivity contribution in [1.82, 2.24) is 0 Å². The van der Waals surface area contributed by atoms with Gasteiger partial charge < -0.3 is 5.73 Å². The lowest BCUT2D eigenvalue weighted by atomic mass is 9.71. The van der Waals surface area contributed by atoms with Crippen LogP contribution in [0.1, 0.15) is 56.6 Å². The lowest BCUT2D eigenvalue weighted by molar-refractivity contribution is -0.139. The van der Waals surface area contributed by atoms with Crippen LogP contribution in [-0.4, -0.2) is 0 Å². The van der Waals surface area contributed by atoms with Crippen LogP contribution in [0.2, 0.25) is 0 Å². The van der Waals surface area contributed by atoms with E-state index in [1.54, 1.807) is 12.1 Å². The van der Waals surface area contributed by atoms with E-state index >= 15 is 0 Å². The number of hydrogen-bond acceptors (Lipinski definition) is 1. The Morgan fingerprint density at radius 2 is 1.80 bits per heavy atom. The molecule has 0 amide bonds. The van der Waals surface area contributed by atoms with Crippen LogP contribution < -0.4 is 5.73 Å². The van der Waals surface area contributed by atoms with E-state index in [0.717, 1.165) is 31.7 Å². The van der Waals surface area contributed by atoms with Crippen molar-refractivity contribution in [2.45, 2.75) is 57.2 Å². The Kier molecular flexibility index (Phi) is 4.43. The SMILES string of the molecule is CCCC1CCC(N)(c2ccccc2C(F)(F)F)CC1. The zero-order valence-electron chi connectivity index (χ0n) is 11.8. The minimum absolute atomic E-state index is 0.266. The maximum absolute atomic E-state index is 13.1. The molecular formula is C16H22F3N. The summed E-state index contributed by atoms with van der Waals surface area (Å²) in [7, 11) is 0. The van der Waals surface area contributed by atoms with Gasteiger partial charge in [0, 0.05) is 5.54 Å². The summed E-state index contributed by atoms with van der Waals surface area (Å²) in [6, 6.07) is 5.76. The van der Waals surface area contributed by atoms with Gasteiger partial charge in [-0.25, -0.2) is 0 Å². The van der Waals surface area contributed by atoms with Gasteiger partial charge in [0.1, 0.15) is 0 Å². The molecule has 0 atom stereocenters. The summed E-state index contributed by atoms with van der Waals surface area (Å²) >= 11 is 0. The first-order valence-electron chi connectivity index (χ1n) is 7.32. The Labute approximate surface area is 118 Å². The van der Waals surface area contributed by atoms with Gasteiger partial charge in [-0.1, -0.05) is 38.0 Å². The Bertz CT molecular complexity index is 445. The van der Waals surface area contributed by atoms with Crippen molar-refractivity contribution in [3.05, 3.63) is 35.4 Å². The second-order valence-electron chi connectivity index (χ2n) is 5.93. The van der Waals surface area contributed by atoms with E-state index < -0.39 is 17.3 Å². The summed E-state index contributed by atoms with van der Waals surface area (Å²) in [5, 5.41) is 0. The summed E-state index contributed by atoms with van der Waals surface area (Å²) in [6.07, 6.45) is 1.09. The molecule has 0 unspecified atom stereocenters. The molecule has 0 bridgehead atoms. The van der Waals surface area contributed by atoms with E-state index in [4.69, 9.17) is 5.73 Å². The highest BCUT2D eigenvalue weighted by Crippen LogP contribution is 2.43. The fraction of sp³-hybridized carbons (Fsp3) is 0.625. The number of alkyl halides is 3. The van der Waals surface area contributed by atoms with Gasteiger partial charge in [-0.3, -0.25) is 0 Å². The topological polar surface area (TPSA) is 26.0 Å². The second kappa shape index (κ2) is 5.76. The van der Waals surface area contributed by atoms with Crippen LogP contribution in [-0.2, 0) is 11.7 Å². The summed E-state index contributed by atoms with van der Waals surface area (Å²) in [6.45, 7) is 2.14. The lowest BCUT2D eigenvalue weighted by Gasteiger charge is -2.39. The number of hydrogen-bond donors (Lipinski definition) is 1. The predicted octanol–water partition coefficient (Wildman–Crippen LogP) is 4.85. The van der Waals surface area contributed by atoms with Gasteiger partial charge >= 0.3 is 6.18 Å². The first-order chi connectivity index (χ1) is 9.37. The molecule has 1 fully saturated rings. The van der Waals surface area contributed by atoms with Gasteiger partial charge in [0.15, 0.2) is 0 Å². The molecule has 1 aliphatic carbocycles. The molecular weight excluding hydrogens is 263 g/mol. The van der Waals surface area contributed by atoms with Gasteiger partial charge in [-0.05, 0) is 43.2 Å². The molecule has 4 heteroatoms. The monoisotopic (exact) mass is 285 g/mol. The van der Waals surface area contributed by atoms with Crippen molar-refractivity contribution in [3.8, 4) is 0 Å². The van der Waals surface area contributed by atoms with E-state index in [9.17, 15) is 13.2 Å². The lowest BCUT2D eigenvalue weighted by Crippen LogP contribution is -2.42. The predicted molar refractivity (Wildman–Crippen MR) is 74.2 cm³/mol. The average molecular weight is 285 g/mol. The minimum Gasteiger partial charge on any atom is -0.321 e. The highest BCUT2D eigenvalue weighted by molar-refractivity contribution is 5.36. The van der Waals surface area contributed by atoms with Crippen LogP contribution >= 0.6 is 0 Å². The van der Waals surface area contributed by atoms with Crippen LogP contribution in [0.25, 0.3) is 0 Å². The van der Waals surface area contributed by atoms with Crippen molar-refractivity contribution in [1.29, 1.82) is 0 Å². The van der Waals surface area contributed by atoms with E-state index in [-0.39, 0.29) is 5.56 Å². The Morgan fingerprint density at radius 1 is 1.20 bits per heavy atom. The molecule has 0 saturated heterocycles. The molecule has 1 aromatic rings. The van der Waals surface area contributed by atoms with Crippen molar-refractivity contribution < 1.29 is 13.2 Å². The normalized spacial score (nSPS) is 27.6. The zero-order valence-corrected chi connectivity index (χ0v) is 11.8. The Balaban J connectivity index is 2.24. The zero-order chi connectivity index (χ0) is 14.8. The smallest absolute Gasteiger partial charge is 0.321 e. The van der Waals surface area contributed by atoms with Gasteiger partial charge in [-0.15, -0.1) is 0 Å². The number of benzene rings is 1. The van der Waals surface area contributed by atoms with Crippen molar-refractivity contribution in [3.63, 3.8) is 0 Å². The third-order valence-corrected chi connectivity index (χ3v) is 4.46. The number of rotatable bonds is 3. The Morgan fingerprint density at radius 3 is 2.35 bits per heavy atom. The van der Waals surface area contributed by atoms with Gasteiger partial charge in [0.25, 0.3) is 0 Å². The van der Waals surface area contributed by atoms with Crippen LogP contribution in [0.4, 0.5) is 13.2 Å². The summed E-state index contributed by atoms with van der Waals surface area (Å²) in [4.78, 5) is 0. The third-order valence-electron chi connectivity index (χ3n) is 4.46.